The van der Waals surface area contributed by atoms with Gasteiger partial charge in [-0.3, -0.25) is 19.8 Å². The van der Waals surface area contributed by atoms with Crippen LogP contribution in [0.25, 0.3) is 6.08 Å². The Kier molecular flexibility index (Phi) is 7.57. The van der Waals surface area contributed by atoms with Crippen molar-refractivity contribution >= 4 is 35.2 Å². The second-order valence-electron chi connectivity index (χ2n) is 7.00. The van der Waals surface area contributed by atoms with E-state index in [0.29, 0.717) is 30.1 Å². The molecule has 1 fully saturated rings. The molecule has 1 N–H and O–H groups in total. The maximum atomic E-state index is 12.8. The second kappa shape index (κ2) is 10.5. The summed E-state index contributed by atoms with van der Waals surface area (Å²) in [7, 11) is 1.54. The fraction of sp³-hybridized carbons (Fsp3) is 0.160. The Morgan fingerprint density at radius 2 is 1.88 bits per heavy atom. The SMILES string of the molecule is C=CCc1cc(C=C2C(=O)NC(=S)N(CC=C)C2=O)cc(OC)c1OCc1ccccc1. The van der Waals surface area contributed by atoms with Crippen molar-refractivity contribution in [3.63, 3.8) is 0 Å². The summed E-state index contributed by atoms with van der Waals surface area (Å²) in [5.41, 5.74) is 2.44. The zero-order valence-electron chi connectivity index (χ0n) is 17.8. The quantitative estimate of drug-likeness (QED) is 0.273. The number of thiocarbonyl (C=S) groups is 1. The number of carbonyl (C=O) groups excluding carboxylic acids is 2. The van der Waals surface area contributed by atoms with Crippen molar-refractivity contribution in [1.29, 1.82) is 0 Å². The predicted octanol–water partition coefficient (Wildman–Crippen LogP) is 3.82. The van der Waals surface area contributed by atoms with E-state index in [4.69, 9.17) is 21.7 Å². The number of hydrogen-bond acceptors (Lipinski definition) is 5. The molecule has 0 unspecified atom stereocenters. The molecule has 2 amide bonds. The molecule has 32 heavy (non-hydrogen) atoms. The first-order chi connectivity index (χ1) is 15.5. The Balaban J connectivity index is 1.98. The molecule has 164 valence electrons. The molecule has 7 heteroatoms. The van der Waals surface area contributed by atoms with E-state index in [1.165, 1.54) is 11.0 Å². The predicted molar refractivity (Wildman–Crippen MR) is 128 cm³/mol. The molecule has 0 spiro atoms. The highest BCUT2D eigenvalue weighted by Gasteiger charge is 2.32. The van der Waals surface area contributed by atoms with Crippen molar-refractivity contribution in [2.45, 2.75) is 13.0 Å². The first-order valence-electron chi connectivity index (χ1n) is 9.96. The molecule has 0 atom stereocenters. The van der Waals surface area contributed by atoms with Gasteiger partial charge in [0.1, 0.15) is 12.2 Å². The molecule has 0 aliphatic carbocycles. The van der Waals surface area contributed by atoms with Gasteiger partial charge < -0.3 is 9.47 Å². The average Bonchev–Trinajstić information content (AvgIpc) is 2.79. The minimum atomic E-state index is -0.547. The first kappa shape index (κ1) is 23.0. The number of carbonyl (C=O) groups is 2. The first-order valence-corrected chi connectivity index (χ1v) is 10.4. The number of rotatable bonds is 9. The average molecular weight is 449 g/mol. The maximum absolute atomic E-state index is 12.8. The molecule has 1 aliphatic rings. The van der Waals surface area contributed by atoms with E-state index in [1.807, 2.05) is 36.4 Å². The van der Waals surface area contributed by atoms with Crippen LogP contribution in [0.2, 0.25) is 0 Å². The largest absolute Gasteiger partial charge is 0.493 e. The van der Waals surface area contributed by atoms with E-state index < -0.39 is 11.8 Å². The van der Waals surface area contributed by atoms with Crippen LogP contribution < -0.4 is 14.8 Å². The molecule has 6 nitrogen and oxygen atoms in total. The van der Waals surface area contributed by atoms with Crippen molar-refractivity contribution in [1.82, 2.24) is 10.2 Å². The van der Waals surface area contributed by atoms with Crippen LogP contribution in [0.5, 0.6) is 11.5 Å². The lowest BCUT2D eigenvalue weighted by Gasteiger charge is -2.27. The van der Waals surface area contributed by atoms with E-state index in [1.54, 1.807) is 25.3 Å². The van der Waals surface area contributed by atoms with E-state index >= 15 is 0 Å². The number of allylic oxidation sites excluding steroid dienone is 1. The molecular weight excluding hydrogens is 424 g/mol. The summed E-state index contributed by atoms with van der Waals surface area (Å²) in [6, 6.07) is 13.4. The molecule has 0 aromatic heterocycles. The molecule has 1 saturated heterocycles. The van der Waals surface area contributed by atoms with Crippen LogP contribution in [0.15, 0.2) is 73.3 Å². The Labute approximate surface area is 192 Å². The molecule has 1 aliphatic heterocycles. The van der Waals surface area contributed by atoms with Crippen LogP contribution in [0, 0.1) is 0 Å². The molecule has 0 saturated carbocycles. The zero-order chi connectivity index (χ0) is 23.1. The lowest BCUT2D eigenvalue weighted by Crippen LogP contribution is -2.53. The van der Waals surface area contributed by atoms with Gasteiger partial charge in [0, 0.05) is 12.1 Å². The number of hydrogen-bond donors (Lipinski definition) is 1. The minimum absolute atomic E-state index is 0.0231. The van der Waals surface area contributed by atoms with E-state index in [9.17, 15) is 9.59 Å². The Morgan fingerprint density at radius 1 is 1.12 bits per heavy atom. The maximum Gasteiger partial charge on any atom is 0.265 e. The van der Waals surface area contributed by atoms with Crippen LogP contribution in [-0.4, -0.2) is 35.5 Å². The summed E-state index contributed by atoms with van der Waals surface area (Å²) in [4.78, 5) is 26.6. The van der Waals surface area contributed by atoms with Crippen LogP contribution in [0.3, 0.4) is 0 Å². The molecule has 0 radical (unpaired) electrons. The van der Waals surface area contributed by atoms with Gasteiger partial charge in [0.2, 0.25) is 0 Å². The van der Waals surface area contributed by atoms with Crippen LogP contribution in [0.4, 0.5) is 0 Å². The van der Waals surface area contributed by atoms with E-state index in [2.05, 4.69) is 18.5 Å². The summed E-state index contributed by atoms with van der Waals surface area (Å²) in [5, 5.41) is 2.60. The molecule has 2 aromatic rings. The lowest BCUT2D eigenvalue weighted by atomic mass is 10.0. The number of amides is 2. The van der Waals surface area contributed by atoms with Gasteiger partial charge >= 0.3 is 0 Å². The number of nitrogens with one attached hydrogen (secondary N) is 1. The van der Waals surface area contributed by atoms with Crippen molar-refractivity contribution < 1.29 is 19.1 Å². The molecule has 1 heterocycles. The number of benzene rings is 2. The minimum Gasteiger partial charge on any atom is -0.493 e. The van der Waals surface area contributed by atoms with Gasteiger partial charge in [-0.15, -0.1) is 13.2 Å². The third kappa shape index (κ3) is 5.12. The topological polar surface area (TPSA) is 67.9 Å². The number of ether oxygens (including phenoxy) is 2. The third-order valence-electron chi connectivity index (χ3n) is 4.77. The van der Waals surface area contributed by atoms with Crippen molar-refractivity contribution in [2.24, 2.45) is 0 Å². The lowest BCUT2D eigenvalue weighted by molar-refractivity contribution is -0.128. The van der Waals surface area contributed by atoms with Gasteiger partial charge in [-0.2, -0.15) is 0 Å². The highest BCUT2D eigenvalue weighted by Crippen LogP contribution is 2.35. The van der Waals surface area contributed by atoms with Crippen LogP contribution >= 0.6 is 12.2 Å². The van der Waals surface area contributed by atoms with Crippen molar-refractivity contribution in [2.75, 3.05) is 13.7 Å². The number of nitrogens with zero attached hydrogens (tertiary/aromatic N) is 1. The zero-order valence-corrected chi connectivity index (χ0v) is 18.6. The smallest absolute Gasteiger partial charge is 0.265 e. The standard InChI is InChI=1S/C25H24N2O4S/c1-4-9-19-13-18(14-20-23(28)26-25(32)27(12-5-2)24(20)29)15-21(30-3)22(19)31-16-17-10-7-6-8-11-17/h4-8,10-11,13-15H,1-2,9,12,16H2,3H3,(H,26,28,32). The molecule has 3 rings (SSSR count). The summed E-state index contributed by atoms with van der Waals surface area (Å²) in [5.74, 6) is 0.0581. The molecule has 2 aromatic carbocycles. The normalized spacial score (nSPS) is 14.8. The molecule has 0 bridgehead atoms. The highest BCUT2D eigenvalue weighted by atomic mass is 32.1. The summed E-state index contributed by atoms with van der Waals surface area (Å²) >= 11 is 5.10. The van der Waals surface area contributed by atoms with E-state index in [0.717, 1.165) is 11.1 Å². The monoisotopic (exact) mass is 448 g/mol. The number of methoxy groups -OCH3 is 1. The van der Waals surface area contributed by atoms with Gasteiger partial charge in [-0.05, 0) is 48.0 Å². The Bertz CT molecular complexity index is 1090. The summed E-state index contributed by atoms with van der Waals surface area (Å²) < 4.78 is 11.6. The Morgan fingerprint density at radius 3 is 2.53 bits per heavy atom. The van der Waals surface area contributed by atoms with Gasteiger partial charge in [0.25, 0.3) is 11.8 Å². The van der Waals surface area contributed by atoms with Gasteiger partial charge in [0.05, 0.1) is 7.11 Å². The Hall–Kier alpha value is -3.71. The summed E-state index contributed by atoms with van der Waals surface area (Å²) in [6.45, 7) is 8.02. The van der Waals surface area contributed by atoms with E-state index in [-0.39, 0.29) is 17.2 Å². The van der Waals surface area contributed by atoms with Crippen LogP contribution in [-0.2, 0) is 22.6 Å². The van der Waals surface area contributed by atoms with Crippen molar-refractivity contribution in [3.8, 4) is 11.5 Å². The van der Waals surface area contributed by atoms with Crippen molar-refractivity contribution in [3.05, 3.63) is 90.0 Å². The molecular formula is C25H24N2O4S. The second-order valence-corrected chi connectivity index (χ2v) is 7.39. The summed E-state index contributed by atoms with van der Waals surface area (Å²) in [6.07, 6.45) is 5.34. The van der Waals surface area contributed by atoms with Crippen LogP contribution in [0.1, 0.15) is 16.7 Å². The highest BCUT2D eigenvalue weighted by molar-refractivity contribution is 7.80. The van der Waals surface area contributed by atoms with Gasteiger partial charge in [0.15, 0.2) is 16.6 Å². The fourth-order valence-corrected chi connectivity index (χ4v) is 3.52. The fourth-order valence-electron chi connectivity index (χ4n) is 3.27. The van der Waals surface area contributed by atoms with Gasteiger partial charge in [-0.1, -0.05) is 42.5 Å². The van der Waals surface area contributed by atoms with Gasteiger partial charge in [-0.25, -0.2) is 0 Å². The third-order valence-corrected chi connectivity index (χ3v) is 5.10.